The molecule has 4 fully saturated rings. The van der Waals surface area contributed by atoms with Crippen molar-refractivity contribution in [1.82, 2.24) is 0 Å². The van der Waals surface area contributed by atoms with Gasteiger partial charge in [-0.1, -0.05) is 170 Å². The van der Waals surface area contributed by atoms with E-state index in [2.05, 4.69) is 217 Å². The average Bonchev–Trinajstić information content (AvgIpc) is 3.90. The molecule has 1 spiro atoms. The highest BCUT2D eigenvalue weighted by molar-refractivity contribution is 7.26. The topological polar surface area (TPSA) is 3.24 Å². The van der Waals surface area contributed by atoms with Crippen molar-refractivity contribution < 1.29 is 0 Å². The van der Waals surface area contributed by atoms with Crippen molar-refractivity contribution in [2.45, 2.75) is 37.5 Å². The van der Waals surface area contributed by atoms with Gasteiger partial charge in [0.15, 0.2) is 0 Å². The molecule has 316 valence electrons. The predicted octanol–water partition coefficient (Wildman–Crippen LogP) is 17.9. The van der Waals surface area contributed by atoms with Crippen molar-refractivity contribution >= 4 is 48.6 Å². The van der Waals surface area contributed by atoms with Crippen LogP contribution in [0.1, 0.15) is 43.2 Å². The molecule has 15 rings (SSSR count). The molecule has 1 heterocycles. The summed E-state index contributed by atoms with van der Waals surface area (Å²) >= 11 is 1.88. The van der Waals surface area contributed by atoms with Crippen molar-refractivity contribution in [3.8, 4) is 55.6 Å². The van der Waals surface area contributed by atoms with Gasteiger partial charge in [-0.3, -0.25) is 0 Å². The minimum atomic E-state index is 0.149. The number of thiophene rings is 1. The molecular weight excluding hydrogens is 815 g/mol. The average molecular weight is 864 g/mol. The van der Waals surface area contributed by atoms with Crippen molar-refractivity contribution in [3.05, 3.63) is 223 Å². The molecule has 0 saturated heterocycles. The first-order valence-electron chi connectivity index (χ1n) is 24.1. The summed E-state index contributed by atoms with van der Waals surface area (Å²) in [5.41, 5.74) is 19.7. The maximum absolute atomic E-state index is 2.63. The molecule has 1 nitrogen and oxygen atoms in total. The van der Waals surface area contributed by atoms with Gasteiger partial charge in [-0.2, -0.15) is 0 Å². The zero-order valence-electron chi connectivity index (χ0n) is 36.9. The van der Waals surface area contributed by atoms with E-state index in [-0.39, 0.29) is 5.41 Å². The van der Waals surface area contributed by atoms with Gasteiger partial charge in [0.05, 0.1) is 11.4 Å². The molecule has 0 radical (unpaired) electrons. The largest absolute Gasteiger partial charge is 0.309 e. The standard InChI is InChI=1S/C64H49NS/c1-2-15-44(16-3-1)49-17-4-5-18-50(49)51-19-6-7-20-52(51)55-22-9-12-25-59(55)65(60-26-14-28-62-63(60)56-23-10-13-27-61(56)66-62)48-32-29-43(30-33-48)45-31-34-54-53-21-8-11-24-57(53)64(58(54)40-45)46-36-41-35-42(38-46)39-47(64)37-41/h1-34,40-42,46-47H,35-39H2. The SMILES string of the molecule is c1ccc(-c2ccccc2-c2ccccc2-c2ccccc2N(c2ccc(-c3ccc4c(c3)C3(c5ccccc5-4)C4CC5CC(C4)CC3C5)cc2)c2cccc3sc4ccccc4c23)cc1. The van der Waals surface area contributed by atoms with Gasteiger partial charge in [-0.05, 0) is 159 Å². The normalized spacial score (nSPS) is 21.1. The first kappa shape index (κ1) is 38.3. The second-order valence-corrected chi connectivity index (χ2v) is 20.7. The predicted molar refractivity (Wildman–Crippen MR) is 279 cm³/mol. The van der Waals surface area contributed by atoms with Crippen LogP contribution >= 0.6 is 11.3 Å². The summed E-state index contributed by atoms with van der Waals surface area (Å²) < 4.78 is 2.60. The Balaban J connectivity index is 0.930. The van der Waals surface area contributed by atoms with Crippen molar-refractivity contribution in [3.63, 3.8) is 0 Å². The van der Waals surface area contributed by atoms with E-state index in [9.17, 15) is 0 Å². The van der Waals surface area contributed by atoms with Gasteiger partial charge in [0.25, 0.3) is 0 Å². The molecule has 4 bridgehead atoms. The molecule has 4 saturated carbocycles. The number of benzene rings is 9. The quantitative estimate of drug-likeness (QED) is 0.154. The maximum Gasteiger partial charge on any atom is 0.0555 e. The van der Waals surface area contributed by atoms with Crippen LogP contribution in [0.5, 0.6) is 0 Å². The van der Waals surface area contributed by atoms with E-state index in [1.54, 1.807) is 11.1 Å². The molecule has 2 heteroatoms. The summed E-state index contributed by atoms with van der Waals surface area (Å²) in [4.78, 5) is 2.53. The smallest absolute Gasteiger partial charge is 0.0555 e. The highest BCUT2D eigenvalue weighted by Gasteiger charge is 2.61. The Morgan fingerprint density at radius 2 is 0.909 bits per heavy atom. The van der Waals surface area contributed by atoms with E-state index >= 15 is 0 Å². The lowest BCUT2D eigenvalue weighted by Crippen LogP contribution is -2.55. The van der Waals surface area contributed by atoms with Crippen LogP contribution < -0.4 is 4.90 Å². The molecule has 1 aromatic heterocycles. The van der Waals surface area contributed by atoms with Gasteiger partial charge in [-0.15, -0.1) is 11.3 Å². The third-order valence-corrected chi connectivity index (χ3v) is 17.4. The van der Waals surface area contributed by atoms with Crippen LogP contribution in [-0.2, 0) is 5.41 Å². The molecule has 0 aliphatic heterocycles. The molecule has 10 aromatic rings. The first-order chi connectivity index (χ1) is 32.7. The summed E-state index contributed by atoms with van der Waals surface area (Å²) in [7, 11) is 0. The Morgan fingerprint density at radius 1 is 0.364 bits per heavy atom. The fourth-order valence-electron chi connectivity index (χ4n) is 13.9. The molecule has 9 aromatic carbocycles. The Bertz CT molecular complexity index is 3480. The van der Waals surface area contributed by atoms with E-state index in [4.69, 9.17) is 0 Å². The molecular formula is C64H49NS. The van der Waals surface area contributed by atoms with Crippen LogP contribution in [-0.4, -0.2) is 0 Å². The van der Waals surface area contributed by atoms with E-state index in [1.807, 2.05) is 11.3 Å². The molecule has 5 aliphatic carbocycles. The summed E-state index contributed by atoms with van der Waals surface area (Å²) in [5.74, 6) is 3.34. The van der Waals surface area contributed by atoms with Gasteiger partial charge in [0.1, 0.15) is 0 Å². The second kappa shape index (κ2) is 15.0. The molecule has 0 N–H and O–H groups in total. The highest BCUT2D eigenvalue weighted by atomic mass is 32.1. The molecule has 5 aliphatic rings. The lowest BCUT2D eigenvalue weighted by Gasteiger charge is -2.61. The van der Waals surface area contributed by atoms with Gasteiger partial charge < -0.3 is 4.90 Å². The zero-order valence-corrected chi connectivity index (χ0v) is 37.7. The van der Waals surface area contributed by atoms with E-state index in [0.717, 1.165) is 35.0 Å². The summed E-state index contributed by atoms with van der Waals surface area (Å²) in [6, 6.07) is 79.9. The van der Waals surface area contributed by atoms with Gasteiger partial charge in [0, 0.05) is 36.8 Å². The van der Waals surface area contributed by atoms with Crippen LogP contribution in [0.4, 0.5) is 17.1 Å². The van der Waals surface area contributed by atoms with Crippen LogP contribution in [0, 0.1) is 23.7 Å². The van der Waals surface area contributed by atoms with Crippen molar-refractivity contribution in [2.75, 3.05) is 4.90 Å². The van der Waals surface area contributed by atoms with Gasteiger partial charge in [-0.25, -0.2) is 0 Å². The third kappa shape index (κ3) is 5.71. The molecule has 0 unspecified atom stereocenters. The molecule has 0 amide bonds. The van der Waals surface area contributed by atoms with E-state index in [0.29, 0.717) is 0 Å². The number of hydrogen-bond acceptors (Lipinski definition) is 2. The number of nitrogens with zero attached hydrogens (tertiary/aromatic N) is 1. The number of para-hydroxylation sites is 1. The Hall–Kier alpha value is -7.00. The fourth-order valence-corrected chi connectivity index (χ4v) is 15.0. The minimum Gasteiger partial charge on any atom is -0.309 e. The van der Waals surface area contributed by atoms with E-state index < -0.39 is 0 Å². The summed E-state index contributed by atoms with van der Waals surface area (Å²) in [6.07, 6.45) is 7.05. The van der Waals surface area contributed by atoms with E-state index in [1.165, 1.54) is 114 Å². The van der Waals surface area contributed by atoms with Crippen LogP contribution in [0.25, 0.3) is 75.8 Å². The molecule has 0 atom stereocenters. The van der Waals surface area contributed by atoms with Crippen LogP contribution in [0.15, 0.2) is 212 Å². The zero-order chi connectivity index (χ0) is 43.3. The lowest BCUT2D eigenvalue weighted by atomic mass is 9.43. The number of anilines is 3. The third-order valence-electron chi connectivity index (χ3n) is 16.3. The Labute approximate surface area is 391 Å². The second-order valence-electron chi connectivity index (χ2n) is 19.6. The minimum absolute atomic E-state index is 0.149. The highest BCUT2D eigenvalue weighted by Crippen LogP contribution is 2.69. The monoisotopic (exact) mass is 863 g/mol. The van der Waals surface area contributed by atoms with Crippen LogP contribution in [0.2, 0.25) is 0 Å². The molecule has 66 heavy (non-hydrogen) atoms. The van der Waals surface area contributed by atoms with Crippen molar-refractivity contribution in [2.24, 2.45) is 23.7 Å². The summed E-state index contributed by atoms with van der Waals surface area (Å²) in [6.45, 7) is 0. The number of hydrogen-bond donors (Lipinski definition) is 0. The number of rotatable bonds is 7. The van der Waals surface area contributed by atoms with Gasteiger partial charge in [0.2, 0.25) is 0 Å². The van der Waals surface area contributed by atoms with Gasteiger partial charge >= 0.3 is 0 Å². The number of fused-ring (bicyclic) bond motifs is 6. The lowest BCUT2D eigenvalue weighted by molar-refractivity contribution is -0.0399. The summed E-state index contributed by atoms with van der Waals surface area (Å²) in [5, 5.41) is 2.58. The Morgan fingerprint density at radius 3 is 1.67 bits per heavy atom. The van der Waals surface area contributed by atoms with Crippen molar-refractivity contribution in [1.29, 1.82) is 0 Å². The fraction of sp³-hybridized carbons (Fsp3) is 0.156. The maximum atomic E-state index is 2.63. The Kier molecular flexibility index (Phi) is 8.71. The van der Waals surface area contributed by atoms with Crippen LogP contribution in [0.3, 0.4) is 0 Å². The first-order valence-corrected chi connectivity index (χ1v) is 24.9.